The van der Waals surface area contributed by atoms with E-state index in [2.05, 4.69) is 13.2 Å². The Morgan fingerprint density at radius 2 is 2.00 bits per heavy atom. The van der Waals surface area contributed by atoms with E-state index >= 15 is 0 Å². The van der Waals surface area contributed by atoms with Crippen LogP contribution in [0.15, 0.2) is 13.2 Å². The lowest BCUT2D eigenvalue weighted by Crippen LogP contribution is -2.19. The van der Waals surface area contributed by atoms with Gasteiger partial charge >= 0.3 is 0 Å². The Morgan fingerprint density at radius 3 is 2.30 bits per heavy atom. The standard InChI is InChI=1S/C5H12O3.C2H4/c1-2-8-4-5(7)3-6;1-2/h5-7H,2-4H2,1H3;1-2H2. The molecule has 0 aliphatic heterocycles. The quantitative estimate of drug-likeness (QED) is 0.559. The molecule has 0 aliphatic carbocycles. The monoisotopic (exact) mass is 148 g/mol. The van der Waals surface area contributed by atoms with Crippen LogP contribution in [0.2, 0.25) is 0 Å². The fraction of sp³-hybridized carbons (Fsp3) is 0.714. The first-order chi connectivity index (χ1) is 4.81. The highest BCUT2D eigenvalue weighted by Gasteiger charge is 1.98. The number of ether oxygens (including phenoxy) is 1. The van der Waals surface area contributed by atoms with Crippen molar-refractivity contribution in [2.24, 2.45) is 0 Å². The van der Waals surface area contributed by atoms with Gasteiger partial charge in [-0.15, -0.1) is 13.2 Å². The summed E-state index contributed by atoms with van der Waals surface area (Å²) < 4.78 is 4.78. The summed E-state index contributed by atoms with van der Waals surface area (Å²) >= 11 is 0. The smallest absolute Gasteiger partial charge is 0.100 e. The molecule has 0 heterocycles. The van der Waals surface area contributed by atoms with E-state index in [0.29, 0.717) is 6.61 Å². The molecule has 0 rings (SSSR count). The Labute approximate surface area is 61.9 Å². The Bertz CT molecular complexity index is 56.8. The Morgan fingerprint density at radius 1 is 1.50 bits per heavy atom. The number of hydrogen-bond acceptors (Lipinski definition) is 3. The molecule has 1 atom stereocenters. The van der Waals surface area contributed by atoms with E-state index in [1.807, 2.05) is 6.92 Å². The molecule has 3 heteroatoms. The molecule has 0 aliphatic rings. The number of aliphatic hydroxyl groups is 2. The van der Waals surface area contributed by atoms with E-state index in [4.69, 9.17) is 14.9 Å². The van der Waals surface area contributed by atoms with Gasteiger partial charge in [0.2, 0.25) is 0 Å². The zero-order chi connectivity index (χ0) is 8.41. The average Bonchev–Trinajstić information content (AvgIpc) is 2.04. The molecule has 3 nitrogen and oxygen atoms in total. The van der Waals surface area contributed by atoms with E-state index in [0.717, 1.165) is 0 Å². The van der Waals surface area contributed by atoms with Crippen molar-refractivity contribution < 1.29 is 14.9 Å². The first kappa shape index (κ1) is 12.3. The summed E-state index contributed by atoms with van der Waals surface area (Å²) in [4.78, 5) is 0. The van der Waals surface area contributed by atoms with Crippen molar-refractivity contribution in [1.82, 2.24) is 0 Å². The van der Waals surface area contributed by atoms with Crippen molar-refractivity contribution in [2.75, 3.05) is 19.8 Å². The lowest BCUT2D eigenvalue weighted by atomic mass is 10.4. The van der Waals surface area contributed by atoms with Gasteiger partial charge in [-0.05, 0) is 6.92 Å². The van der Waals surface area contributed by atoms with Crippen LogP contribution in [0.3, 0.4) is 0 Å². The summed E-state index contributed by atoms with van der Waals surface area (Å²) in [6, 6.07) is 0. The minimum atomic E-state index is -0.713. The zero-order valence-electron chi connectivity index (χ0n) is 6.42. The first-order valence-corrected chi connectivity index (χ1v) is 3.18. The van der Waals surface area contributed by atoms with Gasteiger partial charge in [0.1, 0.15) is 6.10 Å². The van der Waals surface area contributed by atoms with E-state index in [9.17, 15) is 0 Å². The molecule has 2 N–H and O–H groups in total. The van der Waals surface area contributed by atoms with Crippen LogP contribution in [0.5, 0.6) is 0 Å². The third-order valence-electron chi connectivity index (χ3n) is 0.725. The van der Waals surface area contributed by atoms with Gasteiger partial charge in [-0.2, -0.15) is 0 Å². The van der Waals surface area contributed by atoms with Crippen LogP contribution in [0, 0.1) is 0 Å². The second-order valence-electron chi connectivity index (χ2n) is 1.50. The Hall–Kier alpha value is -0.380. The number of rotatable bonds is 4. The molecule has 0 radical (unpaired) electrons. The van der Waals surface area contributed by atoms with E-state index in [1.165, 1.54) is 0 Å². The molecule has 0 aromatic heterocycles. The van der Waals surface area contributed by atoms with Crippen LogP contribution < -0.4 is 0 Å². The average molecular weight is 148 g/mol. The molecule has 62 valence electrons. The normalized spacial score (nSPS) is 11.5. The van der Waals surface area contributed by atoms with Crippen molar-refractivity contribution >= 4 is 0 Å². The topological polar surface area (TPSA) is 49.7 Å². The number of hydrogen-bond donors (Lipinski definition) is 2. The molecule has 0 fully saturated rings. The van der Waals surface area contributed by atoms with Crippen molar-refractivity contribution in [3.8, 4) is 0 Å². The molecule has 1 unspecified atom stereocenters. The van der Waals surface area contributed by atoms with Gasteiger partial charge in [-0.1, -0.05) is 0 Å². The highest BCUT2D eigenvalue weighted by molar-refractivity contribution is 4.47. The second-order valence-corrected chi connectivity index (χ2v) is 1.50. The van der Waals surface area contributed by atoms with Gasteiger partial charge in [0, 0.05) is 6.61 Å². The van der Waals surface area contributed by atoms with Crippen molar-refractivity contribution in [1.29, 1.82) is 0 Å². The van der Waals surface area contributed by atoms with E-state index in [-0.39, 0.29) is 13.2 Å². The maximum absolute atomic E-state index is 8.61. The molecular formula is C7H16O3. The van der Waals surface area contributed by atoms with Crippen LogP contribution in [-0.2, 0) is 4.74 Å². The van der Waals surface area contributed by atoms with Gasteiger partial charge in [-0.3, -0.25) is 0 Å². The molecule has 0 saturated heterocycles. The third kappa shape index (κ3) is 10.6. The molecular weight excluding hydrogens is 132 g/mol. The summed E-state index contributed by atoms with van der Waals surface area (Å²) in [6.45, 7) is 8.42. The van der Waals surface area contributed by atoms with Crippen LogP contribution in [0.1, 0.15) is 6.92 Å². The van der Waals surface area contributed by atoms with Crippen LogP contribution >= 0.6 is 0 Å². The Balaban J connectivity index is 0. The molecule has 0 spiro atoms. The maximum atomic E-state index is 8.61. The van der Waals surface area contributed by atoms with Crippen LogP contribution in [0.25, 0.3) is 0 Å². The summed E-state index contributed by atoms with van der Waals surface area (Å²) in [5.41, 5.74) is 0. The Kier molecular flexibility index (Phi) is 14.1. The summed E-state index contributed by atoms with van der Waals surface area (Å²) in [7, 11) is 0. The highest BCUT2D eigenvalue weighted by Crippen LogP contribution is 1.81. The van der Waals surface area contributed by atoms with Crippen molar-refractivity contribution in [2.45, 2.75) is 13.0 Å². The fourth-order valence-electron chi connectivity index (χ4n) is 0.307. The SMILES string of the molecule is C=C.CCOCC(O)CO. The minimum Gasteiger partial charge on any atom is -0.394 e. The fourth-order valence-corrected chi connectivity index (χ4v) is 0.307. The highest BCUT2D eigenvalue weighted by atomic mass is 16.5. The molecule has 0 amide bonds. The van der Waals surface area contributed by atoms with E-state index in [1.54, 1.807) is 0 Å². The van der Waals surface area contributed by atoms with Gasteiger partial charge in [0.25, 0.3) is 0 Å². The molecule has 0 aromatic rings. The lowest BCUT2D eigenvalue weighted by molar-refractivity contribution is 0.0104. The largest absolute Gasteiger partial charge is 0.394 e. The molecule has 0 aromatic carbocycles. The maximum Gasteiger partial charge on any atom is 0.100 e. The second kappa shape index (κ2) is 11.4. The molecule has 0 saturated carbocycles. The number of aliphatic hydroxyl groups excluding tert-OH is 2. The van der Waals surface area contributed by atoms with Gasteiger partial charge in [0.05, 0.1) is 13.2 Å². The van der Waals surface area contributed by atoms with Crippen LogP contribution in [-0.4, -0.2) is 36.1 Å². The summed E-state index contributed by atoms with van der Waals surface area (Å²) in [5.74, 6) is 0. The van der Waals surface area contributed by atoms with Gasteiger partial charge in [-0.25, -0.2) is 0 Å². The predicted octanol–water partition coefficient (Wildman–Crippen LogP) is 0.178. The lowest BCUT2D eigenvalue weighted by Gasteiger charge is -2.04. The minimum absolute atomic E-state index is 0.222. The zero-order valence-corrected chi connectivity index (χ0v) is 6.42. The van der Waals surface area contributed by atoms with E-state index < -0.39 is 6.10 Å². The van der Waals surface area contributed by atoms with Crippen molar-refractivity contribution in [3.63, 3.8) is 0 Å². The molecule has 0 bridgehead atoms. The summed E-state index contributed by atoms with van der Waals surface area (Å²) in [6.07, 6.45) is -0.713. The first-order valence-electron chi connectivity index (χ1n) is 3.18. The predicted molar refractivity (Wildman–Crippen MR) is 40.8 cm³/mol. The molecule has 10 heavy (non-hydrogen) atoms. The van der Waals surface area contributed by atoms with Gasteiger partial charge < -0.3 is 14.9 Å². The van der Waals surface area contributed by atoms with Crippen molar-refractivity contribution in [3.05, 3.63) is 13.2 Å². The van der Waals surface area contributed by atoms with Crippen LogP contribution in [0.4, 0.5) is 0 Å². The summed E-state index contributed by atoms with van der Waals surface area (Å²) in [5, 5.41) is 16.8. The third-order valence-corrected chi connectivity index (χ3v) is 0.725. The van der Waals surface area contributed by atoms with Gasteiger partial charge in [0.15, 0.2) is 0 Å².